The molecule has 1 atom stereocenters. The number of amides is 1. The first-order chi connectivity index (χ1) is 7.41. The summed E-state index contributed by atoms with van der Waals surface area (Å²) in [4.78, 5) is 11.7. The summed E-state index contributed by atoms with van der Waals surface area (Å²) in [6.45, 7) is 8.01. The van der Waals surface area contributed by atoms with Gasteiger partial charge in [-0.15, -0.1) is 0 Å². The predicted octanol–water partition coefficient (Wildman–Crippen LogP) is 2.36. The van der Waals surface area contributed by atoms with Crippen molar-refractivity contribution in [3.8, 4) is 0 Å². The van der Waals surface area contributed by atoms with Crippen molar-refractivity contribution in [2.45, 2.75) is 39.0 Å². The number of nitrogens with one attached hydrogen (secondary N) is 1. The van der Waals surface area contributed by atoms with Gasteiger partial charge in [0, 0.05) is 12.2 Å². The van der Waals surface area contributed by atoms with Gasteiger partial charge in [-0.1, -0.05) is 13.8 Å². The van der Waals surface area contributed by atoms with Crippen molar-refractivity contribution < 1.29 is 4.79 Å². The summed E-state index contributed by atoms with van der Waals surface area (Å²) in [7, 11) is 0. The molecule has 1 aromatic heterocycles. The van der Waals surface area contributed by atoms with Crippen LogP contribution in [0.15, 0.2) is 12.4 Å². The lowest BCUT2D eigenvalue weighted by Gasteiger charge is -2.13. The number of carbonyl (C=O) groups is 1. The van der Waals surface area contributed by atoms with E-state index >= 15 is 0 Å². The van der Waals surface area contributed by atoms with Gasteiger partial charge in [0.2, 0.25) is 5.91 Å². The van der Waals surface area contributed by atoms with E-state index in [1.165, 1.54) is 0 Å². The number of thiol groups is 1. The highest BCUT2D eigenvalue weighted by molar-refractivity contribution is 7.81. The normalized spacial score (nSPS) is 13.2. The lowest BCUT2D eigenvalue weighted by molar-refractivity contribution is -0.116. The zero-order valence-corrected chi connectivity index (χ0v) is 11.0. The Kier molecular flexibility index (Phi) is 4.41. The molecule has 0 spiro atoms. The molecule has 0 aromatic carbocycles. The Bertz CT molecular complexity index is 360. The first kappa shape index (κ1) is 13.1. The van der Waals surface area contributed by atoms with Gasteiger partial charge in [0.25, 0.3) is 0 Å². The Hall–Kier alpha value is -0.970. The Morgan fingerprint density at radius 3 is 2.50 bits per heavy atom. The lowest BCUT2D eigenvalue weighted by Crippen LogP contribution is -2.27. The van der Waals surface area contributed by atoms with E-state index in [1.807, 2.05) is 33.9 Å². The van der Waals surface area contributed by atoms with E-state index in [0.717, 1.165) is 5.69 Å². The molecule has 4 nitrogen and oxygen atoms in total. The molecule has 0 fully saturated rings. The molecule has 90 valence electrons. The molecule has 0 saturated carbocycles. The number of carbonyl (C=O) groups excluding carboxylic acids is 1. The molecule has 16 heavy (non-hydrogen) atoms. The van der Waals surface area contributed by atoms with E-state index in [4.69, 9.17) is 0 Å². The van der Waals surface area contributed by atoms with E-state index in [0.29, 0.717) is 6.04 Å². The van der Waals surface area contributed by atoms with Gasteiger partial charge in [0.1, 0.15) is 0 Å². The van der Waals surface area contributed by atoms with E-state index in [1.54, 1.807) is 10.9 Å². The minimum atomic E-state index is -0.289. The average Bonchev–Trinajstić information content (AvgIpc) is 2.64. The van der Waals surface area contributed by atoms with Crippen LogP contribution in [-0.2, 0) is 4.79 Å². The number of rotatable bonds is 4. The van der Waals surface area contributed by atoms with Crippen molar-refractivity contribution in [3.05, 3.63) is 12.4 Å². The van der Waals surface area contributed by atoms with E-state index < -0.39 is 0 Å². The van der Waals surface area contributed by atoms with Gasteiger partial charge in [-0.2, -0.15) is 17.7 Å². The minimum Gasteiger partial charge on any atom is -0.322 e. The van der Waals surface area contributed by atoms with Crippen LogP contribution >= 0.6 is 12.6 Å². The standard InChI is InChI=1S/C11H19N3OS/c1-7(2)10(16)11(15)13-9-5-12-14(6-9)8(3)4/h5-8,10,16H,1-4H3,(H,13,15). The molecule has 1 N–H and O–H groups in total. The van der Waals surface area contributed by atoms with Gasteiger partial charge in [0.15, 0.2) is 0 Å². The lowest BCUT2D eigenvalue weighted by atomic mass is 10.1. The first-order valence-electron chi connectivity index (χ1n) is 5.45. The first-order valence-corrected chi connectivity index (χ1v) is 5.96. The summed E-state index contributed by atoms with van der Waals surface area (Å²) < 4.78 is 1.80. The quantitative estimate of drug-likeness (QED) is 0.795. The number of anilines is 1. The van der Waals surface area contributed by atoms with Crippen LogP contribution in [0.25, 0.3) is 0 Å². The summed E-state index contributed by atoms with van der Waals surface area (Å²) in [5.41, 5.74) is 0.721. The zero-order chi connectivity index (χ0) is 12.3. The van der Waals surface area contributed by atoms with Crippen molar-refractivity contribution in [3.63, 3.8) is 0 Å². The van der Waals surface area contributed by atoms with Crippen LogP contribution in [-0.4, -0.2) is 20.9 Å². The van der Waals surface area contributed by atoms with Crippen molar-refractivity contribution in [1.29, 1.82) is 0 Å². The summed E-state index contributed by atoms with van der Waals surface area (Å²) in [5, 5.41) is 6.66. The van der Waals surface area contributed by atoms with E-state index in [2.05, 4.69) is 23.0 Å². The van der Waals surface area contributed by atoms with Gasteiger partial charge in [-0.25, -0.2) is 0 Å². The molecule has 1 unspecified atom stereocenters. The molecule has 1 aromatic rings. The fourth-order valence-corrected chi connectivity index (χ4v) is 1.27. The Morgan fingerprint density at radius 2 is 2.06 bits per heavy atom. The molecule has 0 aliphatic heterocycles. The third kappa shape index (κ3) is 3.27. The van der Waals surface area contributed by atoms with Crippen LogP contribution in [0.4, 0.5) is 5.69 Å². The van der Waals surface area contributed by atoms with Crippen molar-refractivity contribution >= 4 is 24.2 Å². The topological polar surface area (TPSA) is 46.9 Å². The number of aromatic nitrogens is 2. The smallest absolute Gasteiger partial charge is 0.237 e. The van der Waals surface area contributed by atoms with Gasteiger partial charge >= 0.3 is 0 Å². The van der Waals surface area contributed by atoms with Crippen LogP contribution in [0.2, 0.25) is 0 Å². The Balaban J connectivity index is 2.63. The molecular formula is C11H19N3OS. The summed E-state index contributed by atoms with van der Waals surface area (Å²) in [5.74, 6) is 0.130. The summed E-state index contributed by atoms with van der Waals surface area (Å²) in [6.07, 6.45) is 3.47. The van der Waals surface area contributed by atoms with Crippen molar-refractivity contribution in [1.82, 2.24) is 9.78 Å². The van der Waals surface area contributed by atoms with Gasteiger partial charge in [-0.05, 0) is 19.8 Å². The average molecular weight is 241 g/mol. The fourth-order valence-electron chi connectivity index (χ4n) is 1.20. The highest BCUT2D eigenvalue weighted by Gasteiger charge is 2.18. The Morgan fingerprint density at radius 1 is 1.44 bits per heavy atom. The molecule has 0 saturated heterocycles. The molecule has 1 heterocycles. The molecule has 0 bridgehead atoms. The highest BCUT2D eigenvalue weighted by Crippen LogP contribution is 2.14. The van der Waals surface area contributed by atoms with Crippen LogP contribution in [0.1, 0.15) is 33.7 Å². The largest absolute Gasteiger partial charge is 0.322 e. The van der Waals surface area contributed by atoms with Crippen LogP contribution in [0, 0.1) is 5.92 Å². The zero-order valence-electron chi connectivity index (χ0n) is 10.1. The van der Waals surface area contributed by atoms with Gasteiger partial charge in [0.05, 0.1) is 17.1 Å². The third-order valence-corrected chi connectivity index (χ3v) is 3.13. The van der Waals surface area contributed by atoms with Crippen LogP contribution in [0.5, 0.6) is 0 Å². The Labute approximate surface area is 102 Å². The van der Waals surface area contributed by atoms with Crippen molar-refractivity contribution in [2.75, 3.05) is 5.32 Å². The number of nitrogens with zero attached hydrogens (tertiary/aromatic N) is 2. The minimum absolute atomic E-state index is 0.0818. The molecule has 1 amide bonds. The van der Waals surface area contributed by atoms with Crippen molar-refractivity contribution in [2.24, 2.45) is 5.92 Å². The fraction of sp³-hybridized carbons (Fsp3) is 0.636. The third-order valence-electron chi connectivity index (χ3n) is 2.30. The predicted molar refractivity (Wildman–Crippen MR) is 68.9 cm³/mol. The summed E-state index contributed by atoms with van der Waals surface area (Å²) >= 11 is 4.26. The second kappa shape index (κ2) is 5.39. The second-order valence-electron chi connectivity index (χ2n) is 4.48. The summed E-state index contributed by atoms with van der Waals surface area (Å²) in [6, 6.07) is 0.294. The van der Waals surface area contributed by atoms with Gasteiger partial charge in [-0.3, -0.25) is 9.48 Å². The van der Waals surface area contributed by atoms with Crippen LogP contribution in [0.3, 0.4) is 0 Å². The maximum Gasteiger partial charge on any atom is 0.237 e. The monoisotopic (exact) mass is 241 g/mol. The maximum atomic E-state index is 11.7. The number of hydrogen-bond acceptors (Lipinski definition) is 3. The molecular weight excluding hydrogens is 222 g/mol. The molecule has 0 aliphatic carbocycles. The van der Waals surface area contributed by atoms with E-state index in [-0.39, 0.29) is 17.1 Å². The van der Waals surface area contributed by atoms with Gasteiger partial charge < -0.3 is 5.32 Å². The SMILES string of the molecule is CC(C)C(S)C(=O)Nc1cnn(C(C)C)c1. The molecule has 0 radical (unpaired) electrons. The number of hydrogen-bond donors (Lipinski definition) is 2. The second-order valence-corrected chi connectivity index (χ2v) is 5.04. The molecule has 5 heteroatoms. The van der Waals surface area contributed by atoms with E-state index in [9.17, 15) is 4.79 Å². The highest BCUT2D eigenvalue weighted by atomic mass is 32.1. The molecule has 0 aliphatic rings. The van der Waals surface area contributed by atoms with Crippen LogP contribution < -0.4 is 5.32 Å². The molecule has 1 rings (SSSR count). The maximum absolute atomic E-state index is 11.7.